The quantitative estimate of drug-likeness (QED) is 0.560. The first-order chi connectivity index (χ1) is 12.1. The van der Waals surface area contributed by atoms with Gasteiger partial charge in [-0.1, -0.05) is 48.5 Å². The van der Waals surface area contributed by atoms with Crippen LogP contribution in [0.4, 0.5) is 0 Å². The highest BCUT2D eigenvalue weighted by molar-refractivity contribution is 5.96. The summed E-state index contributed by atoms with van der Waals surface area (Å²) in [4.78, 5) is 35.4. The largest absolute Gasteiger partial charge is 0.343 e. The first-order valence-electron chi connectivity index (χ1n) is 7.77. The van der Waals surface area contributed by atoms with Crippen LogP contribution in [0.25, 0.3) is 0 Å². The number of hydrogen-bond acceptors (Lipinski definition) is 4. The Morgan fingerprint density at radius 3 is 2.12 bits per heavy atom. The SMILES string of the molecule is NC(Cc1ccccc1)C(=O)NNC(=O)CNC(=O)c1ccccc1. The maximum absolute atomic E-state index is 11.9. The Morgan fingerprint density at radius 2 is 1.48 bits per heavy atom. The van der Waals surface area contributed by atoms with Gasteiger partial charge < -0.3 is 11.1 Å². The first-order valence-corrected chi connectivity index (χ1v) is 7.77. The molecule has 0 spiro atoms. The molecular weight excluding hydrogens is 320 g/mol. The number of carbonyl (C=O) groups is 3. The highest BCUT2D eigenvalue weighted by atomic mass is 16.2. The summed E-state index contributed by atoms with van der Waals surface area (Å²) in [6.07, 6.45) is 0.354. The Morgan fingerprint density at radius 1 is 0.880 bits per heavy atom. The van der Waals surface area contributed by atoms with Crippen LogP contribution in [0.5, 0.6) is 0 Å². The maximum Gasteiger partial charge on any atom is 0.257 e. The summed E-state index contributed by atoms with van der Waals surface area (Å²) in [6.45, 7) is -0.262. The number of rotatable bonds is 6. The van der Waals surface area contributed by atoms with Gasteiger partial charge in [-0.2, -0.15) is 0 Å². The molecule has 25 heavy (non-hydrogen) atoms. The fourth-order valence-corrected chi connectivity index (χ4v) is 2.08. The summed E-state index contributed by atoms with van der Waals surface area (Å²) in [6, 6.07) is 17.0. The Hall–Kier alpha value is -3.19. The van der Waals surface area contributed by atoms with E-state index in [0.29, 0.717) is 12.0 Å². The van der Waals surface area contributed by atoms with Gasteiger partial charge >= 0.3 is 0 Å². The molecular formula is C18H20N4O3. The van der Waals surface area contributed by atoms with Crippen molar-refractivity contribution in [3.63, 3.8) is 0 Å². The smallest absolute Gasteiger partial charge is 0.257 e. The maximum atomic E-state index is 11.9. The van der Waals surface area contributed by atoms with E-state index in [1.165, 1.54) is 0 Å². The lowest BCUT2D eigenvalue weighted by Gasteiger charge is -2.13. The molecule has 5 N–H and O–H groups in total. The molecule has 0 fully saturated rings. The minimum atomic E-state index is -0.790. The molecule has 0 aliphatic heterocycles. The van der Waals surface area contributed by atoms with Crippen LogP contribution in [0.3, 0.4) is 0 Å². The lowest BCUT2D eigenvalue weighted by atomic mass is 10.1. The van der Waals surface area contributed by atoms with Crippen molar-refractivity contribution in [2.75, 3.05) is 6.54 Å². The molecule has 0 saturated carbocycles. The monoisotopic (exact) mass is 340 g/mol. The Labute approximate surface area is 145 Å². The fourth-order valence-electron chi connectivity index (χ4n) is 2.08. The lowest BCUT2D eigenvalue weighted by Crippen LogP contribution is -2.52. The number of hydrazine groups is 1. The molecule has 0 aliphatic carbocycles. The number of nitrogens with two attached hydrogens (primary N) is 1. The highest BCUT2D eigenvalue weighted by Gasteiger charge is 2.15. The third-order valence-corrected chi connectivity index (χ3v) is 3.41. The topological polar surface area (TPSA) is 113 Å². The third-order valence-electron chi connectivity index (χ3n) is 3.41. The zero-order valence-electron chi connectivity index (χ0n) is 13.6. The van der Waals surface area contributed by atoms with E-state index in [1.807, 2.05) is 30.3 Å². The molecule has 7 heteroatoms. The van der Waals surface area contributed by atoms with Gasteiger partial charge in [-0.05, 0) is 24.1 Å². The molecule has 2 rings (SSSR count). The van der Waals surface area contributed by atoms with Crippen molar-refractivity contribution < 1.29 is 14.4 Å². The molecule has 0 heterocycles. The highest BCUT2D eigenvalue weighted by Crippen LogP contribution is 2.01. The minimum Gasteiger partial charge on any atom is -0.343 e. The average molecular weight is 340 g/mol. The van der Waals surface area contributed by atoms with Crippen LogP contribution in [0, 0.1) is 0 Å². The van der Waals surface area contributed by atoms with Crippen LogP contribution in [0.1, 0.15) is 15.9 Å². The van der Waals surface area contributed by atoms with Gasteiger partial charge in [-0.3, -0.25) is 25.2 Å². The zero-order chi connectivity index (χ0) is 18.1. The number of carbonyl (C=O) groups excluding carboxylic acids is 3. The molecule has 0 bridgehead atoms. The van der Waals surface area contributed by atoms with Crippen LogP contribution in [-0.2, 0) is 16.0 Å². The second kappa shape index (κ2) is 9.19. The van der Waals surface area contributed by atoms with Crippen molar-refractivity contribution in [1.29, 1.82) is 0 Å². The molecule has 0 aromatic heterocycles. The van der Waals surface area contributed by atoms with Crippen molar-refractivity contribution in [2.24, 2.45) is 5.73 Å². The molecule has 0 radical (unpaired) electrons. The zero-order valence-corrected chi connectivity index (χ0v) is 13.6. The lowest BCUT2D eigenvalue weighted by molar-refractivity contribution is -0.129. The van der Waals surface area contributed by atoms with Gasteiger partial charge in [-0.25, -0.2) is 0 Å². The van der Waals surface area contributed by atoms with E-state index < -0.39 is 17.9 Å². The van der Waals surface area contributed by atoms with Gasteiger partial charge in [0, 0.05) is 5.56 Å². The first kappa shape index (κ1) is 18.2. The molecule has 7 nitrogen and oxygen atoms in total. The van der Waals surface area contributed by atoms with Crippen LogP contribution < -0.4 is 21.9 Å². The van der Waals surface area contributed by atoms with E-state index in [1.54, 1.807) is 30.3 Å². The second-order valence-electron chi connectivity index (χ2n) is 5.38. The molecule has 2 aromatic carbocycles. The molecule has 0 aliphatic rings. The normalized spacial score (nSPS) is 11.2. The third kappa shape index (κ3) is 6.08. The van der Waals surface area contributed by atoms with E-state index in [2.05, 4.69) is 16.2 Å². The predicted molar refractivity (Wildman–Crippen MR) is 93.2 cm³/mol. The van der Waals surface area contributed by atoms with Crippen molar-refractivity contribution >= 4 is 17.7 Å². The molecule has 1 unspecified atom stereocenters. The van der Waals surface area contributed by atoms with Crippen molar-refractivity contribution in [1.82, 2.24) is 16.2 Å². The average Bonchev–Trinajstić information content (AvgIpc) is 2.65. The van der Waals surface area contributed by atoms with E-state index in [9.17, 15) is 14.4 Å². The van der Waals surface area contributed by atoms with Gasteiger partial charge in [0.1, 0.15) is 0 Å². The standard InChI is InChI=1S/C18H20N4O3/c19-15(11-13-7-3-1-4-8-13)18(25)22-21-16(23)12-20-17(24)14-9-5-2-6-10-14/h1-10,15H,11-12,19H2,(H,20,24)(H,21,23)(H,22,25). The summed E-state index contributed by atoms with van der Waals surface area (Å²) >= 11 is 0. The minimum absolute atomic E-state index is 0.262. The van der Waals surface area contributed by atoms with Gasteiger partial charge in [0.25, 0.3) is 17.7 Å². The van der Waals surface area contributed by atoms with Crippen LogP contribution in [0.15, 0.2) is 60.7 Å². The van der Waals surface area contributed by atoms with E-state index in [4.69, 9.17) is 5.73 Å². The number of hydrogen-bond donors (Lipinski definition) is 4. The van der Waals surface area contributed by atoms with Crippen molar-refractivity contribution in [3.8, 4) is 0 Å². The Balaban J connectivity index is 1.70. The van der Waals surface area contributed by atoms with Crippen LogP contribution in [0.2, 0.25) is 0 Å². The summed E-state index contributed by atoms with van der Waals surface area (Å²) in [7, 11) is 0. The van der Waals surface area contributed by atoms with Crippen molar-refractivity contribution in [2.45, 2.75) is 12.5 Å². The van der Waals surface area contributed by atoms with Gasteiger partial charge in [-0.15, -0.1) is 0 Å². The van der Waals surface area contributed by atoms with Gasteiger partial charge in [0.05, 0.1) is 12.6 Å². The molecule has 130 valence electrons. The van der Waals surface area contributed by atoms with Crippen LogP contribution in [-0.4, -0.2) is 30.3 Å². The van der Waals surface area contributed by atoms with Gasteiger partial charge in [0.15, 0.2) is 0 Å². The van der Waals surface area contributed by atoms with E-state index >= 15 is 0 Å². The van der Waals surface area contributed by atoms with Crippen molar-refractivity contribution in [3.05, 3.63) is 71.8 Å². The fraction of sp³-hybridized carbons (Fsp3) is 0.167. The Kier molecular flexibility index (Phi) is 6.67. The number of benzene rings is 2. The summed E-state index contributed by atoms with van der Waals surface area (Å²) < 4.78 is 0. The van der Waals surface area contributed by atoms with Gasteiger partial charge in [0.2, 0.25) is 0 Å². The molecule has 0 saturated heterocycles. The summed E-state index contributed by atoms with van der Waals surface area (Å²) in [5, 5.41) is 2.46. The van der Waals surface area contributed by atoms with E-state index in [0.717, 1.165) is 5.56 Å². The molecule has 2 aromatic rings. The molecule has 1 atom stereocenters. The number of nitrogens with one attached hydrogen (secondary N) is 3. The van der Waals surface area contributed by atoms with E-state index in [-0.39, 0.29) is 12.5 Å². The predicted octanol–water partition coefficient (Wildman–Crippen LogP) is 0.134. The second-order valence-corrected chi connectivity index (χ2v) is 5.38. The summed E-state index contributed by atoms with van der Waals surface area (Å²) in [5.74, 6) is -1.43. The van der Waals surface area contributed by atoms with Crippen LogP contribution >= 0.6 is 0 Å². The number of amides is 3. The Bertz CT molecular complexity index is 720. The molecule has 3 amide bonds. The summed E-state index contributed by atoms with van der Waals surface area (Å²) in [5.41, 5.74) is 11.6.